The molecule has 0 saturated heterocycles. The number of carbonyl (C=O) groups excluding carboxylic acids is 1. The number of benzene rings is 1. The Balaban J connectivity index is 2.37. The highest BCUT2D eigenvalue weighted by atomic mass is 16.2. The number of amides is 1. The Labute approximate surface area is 96.5 Å². The number of hydrogen-bond acceptors (Lipinski definition) is 2. The lowest BCUT2D eigenvalue weighted by Gasteiger charge is -2.26. The normalized spacial score (nSPS) is 17.2. The minimum atomic E-state index is 0.210. The topological polar surface area (TPSA) is 32.3 Å². The highest BCUT2D eigenvalue weighted by molar-refractivity contribution is 5.95. The summed E-state index contributed by atoms with van der Waals surface area (Å²) in [5.74, 6) is 0.210. The molecular formula is C13H18N2O. The first-order valence-corrected chi connectivity index (χ1v) is 5.70. The van der Waals surface area contributed by atoms with Gasteiger partial charge in [0.1, 0.15) is 0 Å². The van der Waals surface area contributed by atoms with Crippen LogP contribution in [-0.4, -0.2) is 20.0 Å². The summed E-state index contributed by atoms with van der Waals surface area (Å²) >= 11 is 0. The van der Waals surface area contributed by atoms with Crippen LogP contribution in [0.4, 0.5) is 5.69 Å². The summed E-state index contributed by atoms with van der Waals surface area (Å²) in [5, 5.41) is 3.23. The summed E-state index contributed by atoms with van der Waals surface area (Å²) in [5.41, 5.74) is 3.62. The molecule has 1 heterocycles. The summed E-state index contributed by atoms with van der Waals surface area (Å²) in [7, 11) is 3.81. The van der Waals surface area contributed by atoms with Crippen molar-refractivity contribution in [3.8, 4) is 0 Å². The van der Waals surface area contributed by atoms with E-state index >= 15 is 0 Å². The first-order chi connectivity index (χ1) is 7.63. The summed E-state index contributed by atoms with van der Waals surface area (Å²) in [6, 6.07) is 6.71. The van der Waals surface area contributed by atoms with E-state index in [0.29, 0.717) is 12.5 Å². The molecule has 1 amide bonds. The SMILES string of the molecule is CNC(C)c1ccc2c(c1)CCC(=O)N2C. The molecule has 0 spiro atoms. The van der Waals surface area contributed by atoms with E-state index in [-0.39, 0.29) is 5.91 Å². The third-order valence-corrected chi connectivity index (χ3v) is 3.38. The van der Waals surface area contributed by atoms with E-state index in [1.54, 1.807) is 4.90 Å². The summed E-state index contributed by atoms with van der Waals surface area (Å²) < 4.78 is 0. The Bertz CT molecular complexity index is 414. The maximum absolute atomic E-state index is 11.5. The third-order valence-electron chi connectivity index (χ3n) is 3.38. The number of hydrogen-bond donors (Lipinski definition) is 1. The van der Waals surface area contributed by atoms with Gasteiger partial charge in [0.05, 0.1) is 0 Å². The van der Waals surface area contributed by atoms with Crippen LogP contribution in [0.1, 0.15) is 30.5 Å². The molecule has 0 aromatic heterocycles. The van der Waals surface area contributed by atoms with E-state index < -0.39 is 0 Å². The molecule has 1 aliphatic heterocycles. The second-order valence-corrected chi connectivity index (χ2v) is 4.35. The van der Waals surface area contributed by atoms with Crippen LogP contribution < -0.4 is 10.2 Å². The highest BCUT2D eigenvalue weighted by Gasteiger charge is 2.21. The van der Waals surface area contributed by atoms with Gasteiger partial charge >= 0.3 is 0 Å². The van der Waals surface area contributed by atoms with Crippen LogP contribution in [-0.2, 0) is 11.2 Å². The Kier molecular flexibility index (Phi) is 2.97. The predicted octanol–water partition coefficient (Wildman–Crippen LogP) is 1.88. The van der Waals surface area contributed by atoms with Gasteiger partial charge in [-0.2, -0.15) is 0 Å². The smallest absolute Gasteiger partial charge is 0.227 e. The zero-order valence-electron chi connectivity index (χ0n) is 10.1. The average Bonchev–Trinajstić information content (AvgIpc) is 2.32. The van der Waals surface area contributed by atoms with Gasteiger partial charge in [0.25, 0.3) is 0 Å². The van der Waals surface area contributed by atoms with Crippen LogP contribution in [0.15, 0.2) is 18.2 Å². The molecule has 3 heteroatoms. The van der Waals surface area contributed by atoms with Gasteiger partial charge in [-0.15, -0.1) is 0 Å². The fraction of sp³-hybridized carbons (Fsp3) is 0.462. The first-order valence-electron chi connectivity index (χ1n) is 5.70. The molecule has 0 aliphatic carbocycles. The van der Waals surface area contributed by atoms with Crippen molar-refractivity contribution in [3.63, 3.8) is 0 Å². The molecule has 16 heavy (non-hydrogen) atoms. The number of fused-ring (bicyclic) bond motifs is 1. The van der Waals surface area contributed by atoms with E-state index in [0.717, 1.165) is 12.1 Å². The minimum Gasteiger partial charge on any atom is -0.315 e. The standard InChI is InChI=1S/C13H18N2O/c1-9(14-2)10-4-6-12-11(8-10)5-7-13(16)15(12)3/h4,6,8-9,14H,5,7H2,1-3H3. The van der Waals surface area contributed by atoms with Crippen molar-refractivity contribution >= 4 is 11.6 Å². The molecule has 0 saturated carbocycles. The van der Waals surface area contributed by atoms with E-state index in [9.17, 15) is 4.79 Å². The number of rotatable bonds is 2. The molecule has 0 fully saturated rings. The summed E-state index contributed by atoms with van der Waals surface area (Å²) in [6.07, 6.45) is 1.49. The van der Waals surface area contributed by atoms with E-state index in [1.165, 1.54) is 11.1 Å². The van der Waals surface area contributed by atoms with E-state index in [4.69, 9.17) is 0 Å². The molecule has 86 valence electrons. The Morgan fingerprint density at radius 2 is 2.12 bits per heavy atom. The van der Waals surface area contributed by atoms with Crippen LogP contribution in [0.25, 0.3) is 0 Å². The van der Waals surface area contributed by atoms with Gasteiger partial charge in [0.15, 0.2) is 0 Å². The molecule has 1 unspecified atom stereocenters. The Morgan fingerprint density at radius 1 is 1.38 bits per heavy atom. The quantitative estimate of drug-likeness (QED) is 0.822. The zero-order chi connectivity index (χ0) is 11.7. The molecule has 1 aromatic rings. The van der Waals surface area contributed by atoms with Crippen LogP contribution in [0, 0.1) is 0 Å². The van der Waals surface area contributed by atoms with Gasteiger partial charge in [-0.1, -0.05) is 12.1 Å². The predicted molar refractivity (Wildman–Crippen MR) is 65.6 cm³/mol. The first kappa shape index (κ1) is 11.1. The second kappa shape index (κ2) is 4.26. The van der Waals surface area contributed by atoms with Crippen molar-refractivity contribution in [2.24, 2.45) is 0 Å². The van der Waals surface area contributed by atoms with Crippen LogP contribution in [0.3, 0.4) is 0 Å². The van der Waals surface area contributed by atoms with Gasteiger partial charge in [0.2, 0.25) is 5.91 Å². The number of anilines is 1. The number of nitrogens with one attached hydrogen (secondary N) is 1. The fourth-order valence-corrected chi connectivity index (χ4v) is 2.11. The van der Waals surface area contributed by atoms with Crippen molar-refractivity contribution in [2.75, 3.05) is 19.0 Å². The lowest BCUT2D eigenvalue weighted by atomic mass is 9.97. The number of aryl methyl sites for hydroxylation is 1. The van der Waals surface area contributed by atoms with Gasteiger partial charge in [-0.3, -0.25) is 4.79 Å². The summed E-state index contributed by atoms with van der Waals surface area (Å²) in [4.78, 5) is 13.3. The van der Waals surface area contributed by atoms with Crippen molar-refractivity contribution in [1.82, 2.24) is 5.32 Å². The maximum atomic E-state index is 11.5. The third kappa shape index (κ3) is 1.83. The second-order valence-electron chi connectivity index (χ2n) is 4.35. The lowest BCUT2D eigenvalue weighted by molar-refractivity contribution is -0.118. The molecular weight excluding hydrogens is 200 g/mol. The molecule has 1 aliphatic rings. The van der Waals surface area contributed by atoms with Crippen molar-refractivity contribution in [3.05, 3.63) is 29.3 Å². The minimum absolute atomic E-state index is 0.210. The Hall–Kier alpha value is -1.35. The fourth-order valence-electron chi connectivity index (χ4n) is 2.11. The van der Waals surface area contributed by atoms with Crippen molar-refractivity contribution < 1.29 is 4.79 Å². The van der Waals surface area contributed by atoms with Gasteiger partial charge < -0.3 is 10.2 Å². The maximum Gasteiger partial charge on any atom is 0.227 e. The van der Waals surface area contributed by atoms with Gasteiger partial charge in [-0.25, -0.2) is 0 Å². The average molecular weight is 218 g/mol. The van der Waals surface area contributed by atoms with Crippen molar-refractivity contribution in [2.45, 2.75) is 25.8 Å². The number of carbonyl (C=O) groups is 1. The lowest BCUT2D eigenvalue weighted by Crippen LogP contribution is -2.31. The number of nitrogens with zero attached hydrogens (tertiary/aromatic N) is 1. The summed E-state index contributed by atoms with van der Waals surface area (Å²) in [6.45, 7) is 2.14. The molecule has 0 radical (unpaired) electrons. The van der Waals surface area contributed by atoms with Crippen LogP contribution >= 0.6 is 0 Å². The monoisotopic (exact) mass is 218 g/mol. The van der Waals surface area contributed by atoms with Gasteiger partial charge in [0, 0.05) is 25.2 Å². The molecule has 1 N–H and O–H groups in total. The Morgan fingerprint density at radius 3 is 2.81 bits per heavy atom. The molecule has 3 nitrogen and oxygen atoms in total. The molecule has 1 atom stereocenters. The molecule has 2 rings (SSSR count). The van der Waals surface area contributed by atoms with E-state index in [1.807, 2.05) is 14.1 Å². The van der Waals surface area contributed by atoms with Crippen LogP contribution in [0.2, 0.25) is 0 Å². The molecule has 0 bridgehead atoms. The van der Waals surface area contributed by atoms with Gasteiger partial charge in [-0.05, 0) is 37.6 Å². The zero-order valence-corrected chi connectivity index (χ0v) is 10.1. The van der Waals surface area contributed by atoms with E-state index in [2.05, 4.69) is 30.4 Å². The van der Waals surface area contributed by atoms with Crippen LogP contribution in [0.5, 0.6) is 0 Å². The highest BCUT2D eigenvalue weighted by Crippen LogP contribution is 2.29. The van der Waals surface area contributed by atoms with Crippen molar-refractivity contribution in [1.29, 1.82) is 0 Å². The molecule has 1 aromatic carbocycles. The largest absolute Gasteiger partial charge is 0.315 e.